The molecule has 0 aliphatic heterocycles. The van der Waals surface area contributed by atoms with E-state index < -0.39 is 0 Å². The lowest BCUT2D eigenvalue weighted by atomic mass is 10.1. The molecule has 0 saturated carbocycles. The number of aromatic nitrogens is 2. The molecule has 1 aromatic heterocycles. The number of aryl methyl sites for hydroxylation is 2. The fourth-order valence-corrected chi connectivity index (χ4v) is 1.58. The summed E-state index contributed by atoms with van der Waals surface area (Å²) in [7, 11) is 3.50. The maximum atomic E-state index is 9.21. The van der Waals surface area contributed by atoms with Gasteiger partial charge >= 0.3 is 0 Å². The molecule has 4 heteroatoms. The normalized spacial score (nSPS) is 12.9. The Labute approximate surface area is 84.5 Å². The minimum Gasteiger partial charge on any atom is -0.481 e. The molecule has 0 saturated heterocycles. The summed E-state index contributed by atoms with van der Waals surface area (Å²) in [6.45, 7) is 3.75. The second-order valence-corrected chi connectivity index (χ2v) is 3.58. The molecule has 0 spiro atoms. The van der Waals surface area contributed by atoms with Crippen LogP contribution in [0.2, 0.25) is 0 Å². The molecule has 1 N–H and O–H groups in total. The predicted molar refractivity (Wildman–Crippen MR) is 54.5 cm³/mol. The number of ether oxygens (including phenoxy) is 1. The van der Waals surface area contributed by atoms with Crippen molar-refractivity contribution in [2.24, 2.45) is 7.05 Å². The Hall–Kier alpha value is -1.03. The average Bonchev–Trinajstić information content (AvgIpc) is 2.36. The number of aliphatic hydroxyl groups is 1. The monoisotopic (exact) mass is 198 g/mol. The van der Waals surface area contributed by atoms with E-state index in [0.29, 0.717) is 0 Å². The highest BCUT2D eigenvalue weighted by Crippen LogP contribution is 2.22. The third-order valence-electron chi connectivity index (χ3n) is 2.29. The highest BCUT2D eigenvalue weighted by Gasteiger charge is 2.13. The molecule has 80 valence electrons. The van der Waals surface area contributed by atoms with E-state index >= 15 is 0 Å². The fraction of sp³-hybridized carbons (Fsp3) is 0.700. The zero-order valence-electron chi connectivity index (χ0n) is 9.24. The van der Waals surface area contributed by atoms with Crippen LogP contribution in [-0.2, 0) is 13.5 Å². The standard InChI is InChI=1S/C10H18N2O2/c1-7(13)5-6-9-8(2)11-12(3)10(9)14-4/h7,13H,5-6H2,1-4H3/t7-/m1/s1. The fourth-order valence-electron chi connectivity index (χ4n) is 1.58. The van der Waals surface area contributed by atoms with Crippen LogP contribution in [0.4, 0.5) is 0 Å². The first kappa shape index (κ1) is 11.0. The maximum absolute atomic E-state index is 9.21. The minimum atomic E-state index is -0.278. The molecular weight excluding hydrogens is 180 g/mol. The molecule has 0 amide bonds. The Kier molecular flexibility index (Phi) is 3.52. The van der Waals surface area contributed by atoms with E-state index in [9.17, 15) is 5.11 Å². The van der Waals surface area contributed by atoms with Crippen LogP contribution in [-0.4, -0.2) is 28.1 Å². The van der Waals surface area contributed by atoms with Crippen LogP contribution in [0.15, 0.2) is 0 Å². The lowest BCUT2D eigenvalue weighted by Gasteiger charge is -2.06. The van der Waals surface area contributed by atoms with Gasteiger partial charge in [0, 0.05) is 12.6 Å². The summed E-state index contributed by atoms with van der Waals surface area (Å²) >= 11 is 0. The van der Waals surface area contributed by atoms with Crippen molar-refractivity contribution in [3.63, 3.8) is 0 Å². The van der Waals surface area contributed by atoms with Crippen molar-refractivity contribution in [3.05, 3.63) is 11.3 Å². The molecule has 14 heavy (non-hydrogen) atoms. The van der Waals surface area contributed by atoms with Gasteiger partial charge in [-0.3, -0.25) is 0 Å². The first-order valence-corrected chi connectivity index (χ1v) is 4.80. The molecule has 1 rings (SSSR count). The van der Waals surface area contributed by atoms with E-state index in [2.05, 4.69) is 5.10 Å². The molecule has 1 heterocycles. The van der Waals surface area contributed by atoms with Gasteiger partial charge in [0.1, 0.15) is 0 Å². The number of methoxy groups -OCH3 is 1. The van der Waals surface area contributed by atoms with Crippen LogP contribution in [0, 0.1) is 6.92 Å². The smallest absolute Gasteiger partial charge is 0.214 e. The van der Waals surface area contributed by atoms with Gasteiger partial charge in [-0.1, -0.05) is 0 Å². The van der Waals surface area contributed by atoms with Crippen molar-refractivity contribution >= 4 is 0 Å². The van der Waals surface area contributed by atoms with Crippen molar-refractivity contribution < 1.29 is 9.84 Å². The molecule has 1 atom stereocenters. The number of hydrogen-bond acceptors (Lipinski definition) is 3. The lowest BCUT2D eigenvalue weighted by molar-refractivity contribution is 0.184. The maximum Gasteiger partial charge on any atom is 0.214 e. The lowest BCUT2D eigenvalue weighted by Crippen LogP contribution is -2.03. The Balaban J connectivity index is 2.83. The van der Waals surface area contributed by atoms with Crippen molar-refractivity contribution in [2.45, 2.75) is 32.8 Å². The van der Waals surface area contributed by atoms with Crippen molar-refractivity contribution in [1.82, 2.24) is 9.78 Å². The van der Waals surface area contributed by atoms with Crippen molar-refractivity contribution in [1.29, 1.82) is 0 Å². The summed E-state index contributed by atoms with van der Waals surface area (Å²) in [6.07, 6.45) is 1.27. The quantitative estimate of drug-likeness (QED) is 0.786. The second-order valence-electron chi connectivity index (χ2n) is 3.58. The van der Waals surface area contributed by atoms with Crippen molar-refractivity contribution in [2.75, 3.05) is 7.11 Å². The van der Waals surface area contributed by atoms with Gasteiger partial charge in [0.25, 0.3) is 0 Å². The predicted octanol–water partition coefficient (Wildman–Crippen LogP) is 1.05. The molecular formula is C10H18N2O2. The second kappa shape index (κ2) is 4.46. The van der Waals surface area contributed by atoms with E-state index in [-0.39, 0.29) is 6.10 Å². The van der Waals surface area contributed by atoms with Crippen LogP contribution < -0.4 is 4.74 Å². The van der Waals surface area contributed by atoms with Gasteiger partial charge in [0.05, 0.1) is 18.9 Å². The van der Waals surface area contributed by atoms with E-state index in [4.69, 9.17) is 4.74 Å². The van der Waals surface area contributed by atoms with Crippen LogP contribution in [0.1, 0.15) is 24.6 Å². The van der Waals surface area contributed by atoms with E-state index in [0.717, 1.165) is 30.0 Å². The van der Waals surface area contributed by atoms with Crippen molar-refractivity contribution in [3.8, 4) is 5.88 Å². The van der Waals surface area contributed by atoms with Gasteiger partial charge in [0.2, 0.25) is 5.88 Å². The largest absolute Gasteiger partial charge is 0.481 e. The van der Waals surface area contributed by atoms with E-state index in [1.54, 1.807) is 18.7 Å². The first-order valence-electron chi connectivity index (χ1n) is 4.80. The topological polar surface area (TPSA) is 47.3 Å². The highest BCUT2D eigenvalue weighted by molar-refractivity contribution is 5.30. The zero-order chi connectivity index (χ0) is 10.7. The Morgan fingerprint density at radius 3 is 2.71 bits per heavy atom. The molecule has 0 fully saturated rings. The highest BCUT2D eigenvalue weighted by atomic mass is 16.5. The number of hydrogen-bond donors (Lipinski definition) is 1. The number of rotatable bonds is 4. The first-order chi connectivity index (χ1) is 6.56. The molecule has 4 nitrogen and oxygen atoms in total. The zero-order valence-corrected chi connectivity index (χ0v) is 9.24. The molecule has 1 aromatic rings. The molecule has 0 aliphatic carbocycles. The van der Waals surface area contributed by atoms with Gasteiger partial charge in [0.15, 0.2) is 0 Å². The molecule has 0 unspecified atom stereocenters. The summed E-state index contributed by atoms with van der Waals surface area (Å²) in [6, 6.07) is 0. The molecule has 0 radical (unpaired) electrons. The van der Waals surface area contributed by atoms with Crippen LogP contribution in [0.5, 0.6) is 5.88 Å². The average molecular weight is 198 g/mol. The SMILES string of the molecule is COc1c(CC[C@@H](C)O)c(C)nn1C. The molecule has 0 aliphatic rings. The number of aliphatic hydroxyl groups excluding tert-OH is 1. The van der Waals surface area contributed by atoms with Crippen LogP contribution in [0.3, 0.4) is 0 Å². The Morgan fingerprint density at radius 1 is 1.57 bits per heavy atom. The Morgan fingerprint density at radius 2 is 2.21 bits per heavy atom. The summed E-state index contributed by atoms with van der Waals surface area (Å²) in [5.74, 6) is 0.795. The summed E-state index contributed by atoms with van der Waals surface area (Å²) < 4.78 is 6.98. The van der Waals surface area contributed by atoms with Gasteiger partial charge in [-0.2, -0.15) is 5.10 Å². The molecule has 0 aromatic carbocycles. The minimum absolute atomic E-state index is 0.278. The van der Waals surface area contributed by atoms with Gasteiger partial charge in [-0.05, 0) is 26.7 Å². The third kappa shape index (κ3) is 2.26. The third-order valence-corrected chi connectivity index (χ3v) is 2.29. The summed E-state index contributed by atoms with van der Waals surface area (Å²) in [5, 5.41) is 13.5. The van der Waals surface area contributed by atoms with Crippen LogP contribution in [0.25, 0.3) is 0 Å². The molecule has 0 bridgehead atoms. The van der Waals surface area contributed by atoms with Gasteiger partial charge < -0.3 is 9.84 Å². The van der Waals surface area contributed by atoms with Gasteiger partial charge in [-0.15, -0.1) is 0 Å². The van der Waals surface area contributed by atoms with Gasteiger partial charge in [-0.25, -0.2) is 4.68 Å². The van der Waals surface area contributed by atoms with E-state index in [1.165, 1.54) is 0 Å². The number of nitrogens with zero attached hydrogens (tertiary/aromatic N) is 2. The Bertz CT molecular complexity index is 305. The summed E-state index contributed by atoms with van der Waals surface area (Å²) in [5.41, 5.74) is 2.07. The van der Waals surface area contributed by atoms with Crippen LogP contribution >= 0.6 is 0 Å². The van der Waals surface area contributed by atoms with E-state index in [1.807, 2.05) is 14.0 Å². The summed E-state index contributed by atoms with van der Waals surface area (Å²) in [4.78, 5) is 0.